The summed E-state index contributed by atoms with van der Waals surface area (Å²) < 4.78 is 0. The highest BCUT2D eigenvalue weighted by atomic mass is 16.1. The van der Waals surface area contributed by atoms with Crippen LogP contribution in [-0.2, 0) is 4.79 Å². The van der Waals surface area contributed by atoms with Gasteiger partial charge in [0.25, 0.3) is 0 Å². The quantitative estimate of drug-likeness (QED) is 0.593. The van der Waals surface area contributed by atoms with Gasteiger partial charge in [-0.05, 0) is 6.42 Å². The van der Waals surface area contributed by atoms with Gasteiger partial charge in [0.1, 0.15) is 0 Å². The Bertz CT molecular complexity index is 167. The fraction of sp³-hybridized carbons (Fsp3) is 0.750. The molecule has 0 bridgehead atoms. The van der Waals surface area contributed by atoms with E-state index in [1.54, 1.807) is 4.90 Å². The zero-order valence-corrected chi connectivity index (χ0v) is 6.84. The van der Waals surface area contributed by atoms with E-state index < -0.39 is 0 Å². The van der Waals surface area contributed by atoms with Gasteiger partial charge >= 0.3 is 0 Å². The first-order valence-electron chi connectivity index (χ1n) is 4.05. The van der Waals surface area contributed by atoms with Gasteiger partial charge in [0, 0.05) is 31.1 Å². The molecule has 0 aromatic carbocycles. The summed E-state index contributed by atoms with van der Waals surface area (Å²) in [5.74, 6) is 0. The summed E-state index contributed by atoms with van der Waals surface area (Å²) in [6.45, 7) is 2.79. The molecule has 1 N–H and O–H groups in total. The van der Waals surface area contributed by atoms with Crippen molar-refractivity contribution in [1.82, 2.24) is 4.90 Å². The number of hydrogen-bond donors (Lipinski definition) is 1. The van der Waals surface area contributed by atoms with E-state index in [1.807, 2.05) is 0 Å². The first-order valence-corrected chi connectivity index (χ1v) is 4.05. The molecule has 1 saturated heterocycles. The van der Waals surface area contributed by atoms with Crippen LogP contribution in [0.4, 0.5) is 0 Å². The van der Waals surface area contributed by atoms with Crippen molar-refractivity contribution in [3.63, 3.8) is 0 Å². The molecule has 1 fully saturated rings. The molecule has 0 unspecified atom stereocenters. The van der Waals surface area contributed by atoms with Crippen LogP contribution >= 0.6 is 0 Å². The highest BCUT2D eigenvalue weighted by molar-refractivity contribution is 5.83. The molecule has 1 amide bonds. The van der Waals surface area contributed by atoms with Gasteiger partial charge < -0.3 is 10.3 Å². The van der Waals surface area contributed by atoms with Crippen molar-refractivity contribution in [2.45, 2.75) is 32.2 Å². The van der Waals surface area contributed by atoms with Crippen molar-refractivity contribution in [3.05, 3.63) is 0 Å². The largest absolute Gasteiger partial charge is 0.342 e. The van der Waals surface area contributed by atoms with Crippen LogP contribution in [0, 0.1) is 5.41 Å². The Labute approximate surface area is 66.9 Å². The fourth-order valence-corrected chi connectivity index (χ4v) is 1.47. The lowest BCUT2D eigenvalue weighted by atomic mass is 9.99. The maximum absolute atomic E-state index is 10.5. The summed E-state index contributed by atoms with van der Waals surface area (Å²) in [7, 11) is 0. The summed E-state index contributed by atoms with van der Waals surface area (Å²) in [6.07, 6.45) is 3.40. The van der Waals surface area contributed by atoms with E-state index in [1.165, 1.54) is 0 Å². The molecule has 1 heterocycles. The average molecular weight is 154 g/mol. The second-order valence-corrected chi connectivity index (χ2v) is 2.96. The number of carbonyl (C=O) groups is 1. The minimum absolute atomic E-state index is 0.286. The molecule has 0 spiro atoms. The van der Waals surface area contributed by atoms with Gasteiger partial charge in [-0.1, -0.05) is 6.92 Å². The number of likely N-dealkylation sites (tertiary alicyclic amines) is 1. The maximum Gasteiger partial charge on any atom is 0.209 e. The summed E-state index contributed by atoms with van der Waals surface area (Å²) in [6, 6.07) is 0.286. The highest BCUT2D eigenvalue weighted by Gasteiger charge is 2.21. The summed E-state index contributed by atoms with van der Waals surface area (Å²) in [5.41, 5.74) is 0.787. The molecule has 1 atom stereocenters. The number of hydrogen-bond acceptors (Lipinski definition) is 2. The van der Waals surface area contributed by atoms with Crippen molar-refractivity contribution >= 4 is 12.1 Å². The smallest absolute Gasteiger partial charge is 0.209 e. The topological polar surface area (TPSA) is 44.2 Å². The zero-order chi connectivity index (χ0) is 8.27. The lowest BCUT2D eigenvalue weighted by Crippen LogP contribution is -2.41. The standard InChI is InChI=1S/C8H14N2O/c1-2-8-5-7(9)3-4-10(8)6-11/h6,8-9H,2-5H2,1H3/t8-/m0/s1. The van der Waals surface area contributed by atoms with E-state index in [9.17, 15) is 4.79 Å². The Morgan fingerprint density at radius 1 is 1.82 bits per heavy atom. The number of nitrogens with zero attached hydrogens (tertiary/aromatic N) is 1. The van der Waals surface area contributed by atoms with Gasteiger partial charge in [0.2, 0.25) is 6.41 Å². The SMILES string of the molecule is CC[C@H]1CC(=N)CCN1C=O. The van der Waals surface area contributed by atoms with E-state index in [4.69, 9.17) is 5.41 Å². The molecule has 0 aliphatic carbocycles. The third-order valence-electron chi connectivity index (χ3n) is 2.23. The predicted molar refractivity (Wildman–Crippen MR) is 43.8 cm³/mol. The lowest BCUT2D eigenvalue weighted by Gasteiger charge is -2.32. The lowest BCUT2D eigenvalue weighted by molar-refractivity contribution is -0.120. The Morgan fingerprint density at radius 2 is 2.55 bits per heavy atom. The molecule has 1 rings (SSSR count). The number of rotatable bonds is 2. The molecule has 11 heavy (non-hydrogen) atoms. The van der Waals surface area contributed by atoms with E-state index in [0.29, 0.717) is 0 Å². The fourth-order valence-electron chi connectivity index (χ4n) is 1.47. The number of nitrogens with one attached hydrogen (secondary N) is 1. The minimum atomic E-state index is 0.286. The molecule has 0 saturated carbocycles. The van der Waals surface area contributed by atoms with Crippen molar-refractivity contribution in [3.8, 4) is 0 Å². The minimum Gasteiger partial charge on any atom is -0.342 e. The first kappa shape index (κ1) is 8.24. The number of carbonyl (C=O) groups excluding carboxylic acids is 1. The van der Waals surface area contributed by atoms with Crippen LogP contribution in [0.25, 0.3) is 0 Å². The highest BCUT2D eigenvalue weighted by Crippen LogP contribution is 2.14. The summed E-state index contributed by atoms with van der Waals surface area (Å²) in [5, 5.41) is 7.44. The average Bonchev–Trinajstić information content (AvgIpc) is 2.04. The van der Waals surface area contributed by atoms with E-state index in [-0.39, 0.29) is 6.04 Å². The van der Waals surface area contributed by atoms with Crippen LogP contribution in [-0.4, -0.2) is 29.6 Å². The molecular weight excluding hydrogens is 140 g/mol. The van der Waals surface area contributed by atoms with E-state index >= 15 is 0 Å². The normalized spacial score (nSPS) is 25.4. The third-order valence-corrected chi connectivity index (χ3v) is 2.23. The second-order valence-electron chi connectivity index (χ2n) is 2.96. The van der Waals surface area contributed by atoms with Crippen LogP contribution in [0.15, 0.2) is 0 Å². The number of piperidine rings is 1. The second kappa shape index (κ2) is 3.51. The van der Waals surface area contributed by atoms with Gasteiger partial charge in [-0.3, -0.25) is 4.79 Å². The van der Waals surface area contributed by atoms with Gasteiger partial charge in [-0.15, -0.1) is 0 Å². The zero-order valence-electron chi connectivity index (χ0n) is 6.84. The number of amides is 1. The van der Waals surface area contributed by atoms with E-state index in [0.717, 1.165) is 37.9 Å². The first-order chi connectivity index (χ1) is 5.27. The van der Waals surface area contributed by atoms with E-state index in [2.05, 4.69) is 6.92 Å². The van der Waals surface area contributed by atoms with Gasteiger partial charge in [-0.2, -0.15) is 0 Å². The summed E-state index contributed by atoms with van der Waals surface area (Å²) in [4.78, 5) is 12.3. The Balaban J connectivity index is 2.54. The molecule has 1 aliphatic heterocycles. The molecule has 3 nitrogen and oxygen atoms in total. The van der Waals surface area contributed by atoms with Crippen LogP contribution in [0.1, 0.15) is 26.2 Å². The molecule has 0 radical (unpaired) electrons. The third kappa shape index (κ3) is 1.79. The van der Waals surface area contributed by atoms with Gasteiger partial charge in [0.15, 0.2) is 0 Å². The molecule has 0 aromatic rings. The van der Waals surface area contributed by atoms with Crippen molar-refractivity contribution < 1.29 is 4.79 Å². The Morgan fingerprint density at radius 3 is 3.09 bits per heavy atom. The molecule has 0 aromatic heterocycles. The van der Waals surface area contributed by atoms with Crippen molar-refractivity contribution in [2.24, 2.45) is 0 Å². The predicted octanol–water partition coefficient (Wildman–Crippen LogP) is 1.04. The van der Waals surface area contributed by atoms with Crippen LogP contribution in [0.5, 0.6) is 0 Å². The van der Waals surface area contributed by atoms with Crippen LogP contribution < -0.4 is 0 Å². The monoisotopic (exact) mass is 154 g/mol. The molecule has 62 valence electrons. The summed E-state index contributed by atoms with van der Waals surface area (Å²) >= 11 is 0. The van der Waals surface area contributed by atoms with Crippen molar-refractivity contribution in [1.29, 1.82) is 5.41 Å². The van der Waals surface area contributed by atoms with Gasteiger partial charge in [0.05, 0.1) is 0 Å². The van der Waals surface area contributed by atoms with Crippen LogP contribution in [0.3, 0.4) is 0 Å². The van der Waals surface area contributed by atoms with Crippen molar-refractivity contribution in [2.75, 3.05) is 6.54 Å². The van der Waals surface area contributed by atoms with Gasteiger partial charge in [-0.25, -0.2) is 0 Å². The maximum atomic E-state index is 10.5. The Hall–Kier alpha value is -0.860. The molecule has 1 aliphatic rings. The molecule has 3 heteroatoms. The molecular formula is C8H14N2O. The van der Waals surface area contributed by atoms with Crippen LogP contribution in [0.2, 0.25) is 0 Å². The Kier molecular flexibility index (Phi) is 2.63.